The van der Waals surface area contributed by atoms with Gasteiger partial charge < -0.3 is 0 Å². The van der Waals surface area contributed by atoms with E-state index in [0.29, 0.717) is 5.28 Å². The van der Waals surface area contributed by atoms with Crippen LogP contribution in [0.5, 0.6) is 0 Å². The van der Waals surface area contributed by atoms with E-state index in [4.69, 9.17) is 11.6 Å². The molecule has 0 unspecified atom stereocenters. The molecule has 1 aromatic carbocycles. The molecule has 0 atom stereocenters. The lowest BCUT2D eigenvalue weighted by molar-refractivity contribution is 1.05. The first kappa shape index (κ1) is 10.1. The quantitative estimate of drug-likeness (QED) is 0.723. The molecule has 0 aliphatic heterocycles. The van der Waals surface area contributed by atoms with Crippen LogP contribution in [-0.4, -0.2) is 9.97 Å². The van der Waals surface area contributed by atoms with E-state index in [1.165, 1.54) is 0 Å². The molecule has 0 fully saturated rings. The van der Waals surface area contributed by atoms with Crippen molar-refractivity contribution in [3.63, 3.8) is 0 Å². The first-order valence-corrected chi connectivity index (χ1v) is 5.26. The molecule has 1 heterocycles. The highest BCUT2D eigenvalue weighted by Crippen LogP contribution is 2.22. The van der Waals surface area contributed by atoms with Crippen molar-refractivity contribution in [2.45, 2.75) is 13.3 Å². The van der Waals surface area contributed by atoms with Crippen LogP contribution < -0.4 is 0 Å². The maximum absolute atomic E-state index is 5.80. The molecule has 0 bridgehead atoms. The van der Waals surface area contributed by atoms with Gasteiger partial charge >= 0.3 is 0 Å². The van der Waals surface area contributed by atoms with E-state index in [-0.39, 0.29) is 0 Å². The Morgan fingerprint density at radius 1 is 1.20 bits per heavy atom. The van der Waals surface area contributed by atoms with Gasteiger partial charge in [0, 0.05) is 11.8 Å². The fourth-order valence-corrected chi connectivity index (χ4v) is 1.62. The lowest BCUT2D eigenvalue weighted by atomic mass is 10.1. The Hall–Kier alpha value is -1.41. The summed E-state index contributed by atoms with van der Waals surface area (Å²) in [4.78, 5) is 8.26. The molecule has 0 amide bonds. The van der Waals surface area contributed by atoms with E-state index in [1.54, 1.807) is 6.20 Å². The second-order valence-corrected chi connectivity index (χ2v) is 3.57. The topological polar surface area (TPSA) is 25.8 Å². The molecule has 0 saturated carbocycles. The average Bonchev–Trinajstić information content (AvgIpc) is 2.30. The SMILES string of the molecule is CCc1cnc(Cl)nc1-c1ccccc1. The van der Waals surface area contributed by atoms with Gasteiger partial charge in [-0.2, -0.15) is 0 Å². The summed E-state index contributed by atoms with van der Waals surface area (Å²) >= 11 is 5.80. The Bertz CT molecular complexity index is 454. The fourth-order valence-electron chi connectivity index (χ4n) is 1.49. The maximum atomic E-state index is 5.80. The first-order valence-electron chi connectivity index (χ1n) is 4.88. The summed E-state index contributed by atoms with van der Waals surface area (Å²) < 4.78 is 0. The van der Waals surface area contributed by atoms with Gasteiger partial charge in [0.15, 0.2) is 0 Å². The van der Waals surface area contributed by atoms with Gasteiger partial charge in [-0.25, -0.2) is 9.97 Å². The standard InChI is InChI=1S/C12H11ClN2/c1-2-9-8-14-12(13)15-11(9)10-6-4-3-5-7-10/h3-8H,2H2,1H3. The molecule has 1 aromatic heterocycles. The smallest absolute Gasteiger partial charge is 0.222 e. The summed E-state index contributed by atoms with van der Waals surface area (Å²) in [6.07, 6.45) is 2.69. The van der Waals surface area contributed by atoms with Crippen molar-refractivity contribution >= 4 is 11.6 Å². The number of hydrogen-bond acceptors (Lipinski definition) is 2. The molecule has 0 aliphatic carbocycles. The van der Waals surface area contributed by atoms with Crippen LogP contribution in [0, 0.1) is 0 Å². The van der Waals surface area contributed by atoms with Crippen molar-refractivity contribution in [2.75, 3.05) is 0 Å². The molecule has 0 saturated heterocycles. The van der Waals surface area contributed by atoms with Crippen molar-refractivity contribution in [1.29, 1.82) is 0 Å². The number of halogens is 1. The van der Waals surface area contributed by atoms with E-state index in [1.807, 2.05) is 30.3 Å². The zero-order chi connectivity index (χ0) is 10.7. The predicted molar refractivity (Wildman–Crippen MR) is 61.9 cm³/mol. The van der Waals surface area contributed by atoms with Crippen LogP contribution in [0.15, 0.2) is 36.5 Å². The maximum Gasteiger partial charge on any atom is 0.222 e. The molecular formula is C12H11ClN2. The van der Waals surface area contributed by atoms with Gasteiger partial charge in [0.05, 0.1) is 5.69 Å². The summed E-state index contributed by atoms with van der Waals surface area (Å²) in [5, 5.41) is 0.297. The molecular weight excluding hydrogens is 208 g/mol. The normalized spacial score (nSPS) is 10.3. The largest absolute Gasteiger partial charge is 0.226 e. The summed E-state index contributed by atoms with van der Waals surface area (Å²) in [5.74, 6) is 0. The van der Waals surface area contributed by atoms with Gasteiger partial charge in [-0.3, -0.25) is 0 Å². The van der Waals surface area contributed by atoms with Gasteiger partial charge in [0.25, 0.3) is 0 Å². The highest BCUT2D eigenvalue weighted by atomic mass is 35.5. The van der Waals surface area contributed by atoms with Crippen molar-refractivity contribution < 1.29 is 0 Å². The van der Waals surface area contributed by atoms with E-state index in [2.05, 4.69) is 16.9 Å². The van der Waals surface area contributed by atoms with Gasteiger partial charge in [-0.1, -0.05) is 37.3 Å². The number of rotatable bonds is 2. The molecule has 2 rings (SSSR count). The minimum Gasteiger partial charge on any atom is -0.226 e. The fraction of sp³-hybridized carbons (Fsp3) is 0.167. The number of benzene rings is 1. The zero-order valence-corrected chi connectivity index (χ0v) is 9.20. The Labute approximate surface area is 94.0 Å². The van der Waals surface area contributed by atoms with E-state index < -0.39 is 0 Å². The molecule has 2 nitrogen and oxygen atoms in total. The molecule has 0 aliphatic rings. The third kappa shape index (κ3) is 2.16. The number of aromatic nitrogens is 2. The van der Waals surface area contributed by atoms with Crippen LogP contribution in [0.25, 0.3) is 11.3 Å². The number of hydrogen-bond donors (Lipinski definition) is 0. The van der Waals surface area contributed by atoms with E-state index in [0.717, 1.165) is 23.2 Å². The summed E-state index contributed by atoms with van der Waals surface area (Å²) in [6.45, 7) is 2.08. The second-order valence-electron chi connectivity index (χ2n) is 3.23. The molecule has 15 heavy (non-hydrogen) atoms. The van der Waals surface area contributed by atoms with Crippen LogP contribution in [0.1, 0.15) is 12.5 Å². The van der Waals surface area contributed by atoms with Crippen LogP contribution >= 0.6 is 11.6 Å². The van der Waals surface area contributed by atoms with Crippen LogP contribution in [0.4, 0.5) is 0 Å². The van der Waals surface area contributed by atoms with Crippen LogP contribution in [0.2, 0.25) is 5.28 Å². The molecule has 2 aromatic rings. The Morgan fingerprint density at radius 2 is 1.93 bits per heavy atom. The second kappa shape index (κ2) is 4.41. The molecule has 0 spiro atoms. The Balaban J connectivity index is 2.56. The molecule has 3 heteroatoms. The van der Waals surface area contributed by atoms with Gasteiger partial charge in [0.2, 0.25) is 5.28 Å². The Kier molecular flexibility index (Phi) is 2.97. The van der Waals surface area contributed by atoms with Crippen molar-refractivity contribution in [3.05, 3.63) is 47.4 Å². The van der Waals surface area contributed by atoms with Gasteiger partial charge in [-0.15, -0.1) is 0 Å². The van der Waals surface area contributed by atoms with Crippen molar-refractivity contribution in [3.8, 4) is 11.3 Å². The summed E-state index contributed by atoms with van der Waals surface area (Å²) in [7, 11) is 0. The Morgan fingerprint density at radius 3 is 2.60 bits per heavy atom. The average molecular weight is 219 g/mol. The molecule has 0 N–H and O–H groups in total. The molecule has 76 valence electrons. The minimum absolute atomic E-state index is 0.297. The van der Waals surface area contributed by atoms with Crippen molar-refractivity contribution in [1.82, 2.24) is 9.97 Å². The summed E-state index contributed by atoms with van der Waals surface area (Å²) in [6, 6.07) is 10.0. The molecule has 0 radical (unpaired) electrons. The van der Waals surface area contributed by atoms with Crippen molar-refractivity contribution in [2.24, 2.45) is 0 Å². The predicted octanol–water partition coefficient (Wildman–Crippen LogP) is 3.36. The zero-order valence-electron chi connectivity index (χ0n) is 8.44. The number of nitrogens with zero attached hydrogens (tertiary/aromatic N) is 2. The number of aryl methyl sites for hydroxylation is 1. The van der Waals surface area contributed by atoms with Gasteiger partial charge in [-0.05, 0) is 23.6 Å². The van der Waals surface area contributed by atoms with E-state index >= 15 is 0 Å². The lowest BCUT2D eigenvalue weighted by Gasteiger charge is -2.06. The van der Waals surface area contributed by atoms with E-state index in [9.17, 15) is 0 Å². The highest BCUT2D eigenvalue weighted by molar-refractivity contribution is 6.28. The highest BCUT2D eigenvalue weighted by Gasteiger charge is 2.06. The van der Waals surface area contributed by atoms with Crippen LogP contribution in [0.3, 0.4) is 0 Å². The summed E-state index contributed by atoms with van der Waals surface area (Å²) in [5.41, 5.74) is 3.13. The first-order chi connectivity index (χ1) is 7.31. The lowest BCUT2D eigenvalue weighted by Crippen LogP contribution is -1.94. The third-order valence-corrected chi connectivity index (χ3v) is 2.45. The monoisotopic (exact) mass is 218 g/mol. The van der Waals surface area contributed by atoms with Gasteiger partial charge in [0.1, 0.15) is 0 Å². The minimum atomic E-state index is 0.297. The van der Waals surface area contributed by atoms with Crippen LogP contribution in [-0.2, 0) is 6.42 Å². The third-order valence-electron chi connectivity index (χ3n) is 2.26.